The zero-order valence-electron chi connectivity index (χ0n) is 9.18. The fraction of sp³-hybridized carbons (Fsp3) is 0. The van der Waals surface area contributed by atoms with Gasteiger partial charge >= 0.3 is 0 Å². The first-order chi connectivity index (χ1) is 8.99. The van der Waals surface area contributed by atoms with Crippen molar-refractivity contribution in [2.24, 2.45) is 5.73 Å². The Balaban J connectivity index is 2.28. The summed E-state index contributed by atoms with van der Waals surface area (Å²) in [7, 11) is 0. The molecule has 0 aromatic carbocycles. The quantitative estimate of drug-likeness (QED) is 0.906. The molecule has 2 aromatic heterocycles. The Labute approximate surface area is 121 Å². The summed E-state index contributed by atoms with van der Waals surface area (Å²) in [5, 5.41) is 11.5. The van der Waals surface area contributed by atoms with Gasteiger partial charge < -0.3 is 11.1 Å². The third-order valence-corrected chi connectivity index (χ3v) is 3.42. The van der Waals surface area contributed by atoms with Crippen molar-refractivity contribution in [1.82, 2.24) is 10.2 Å². The second-order valence-electron chi connectivity index (χ2n) is 3.35. The molecule has 6 nitrogen and oxygen atoms in total. The molecule has 0 radical (unpaired) electrons. The van der Waals surface area contributed by atoms with Crippen LogP contribution in [0.5, 0.6) is 0 Å². The van der Waals surface area contributed by atoms with Crippen molar-refractivity contribution in [3.8, 4) is 0 Å². The van der Waals surface area contributed by atoms with Crippen molar-refractivity contribution in [3.05, 3.63) is 38.9 Å². The van der Waals surface area contributed by atoms with Crippen LogP contribution in [0, 0.1) is 0 Å². The minimum Gasteiger partial charge on any atom is -0.366 e. The first kappa shape index (κ1) is 13.7. The number of thiophene rings is 1. The number of amides is 2. The second-order valence-corrected chi connectivity index (χ2v) is 5.01. The van der Waals surface area contributed by atoms with E-state index in [1.165, 1.54) is 23.5 Å². The molecule has 0 aliphatic heterocycles. The Bertz CT molecular complexity index is 659. The number of nitrogens with one attached hydrogen (secondary N) is 1. The SMILES string of the molecule is NC(=O)c1ccsc1NC(=O)c1cc(Cl)nnc1Cl. The summed E-state index contributed by atoms with van der Waals surface area (Å²) < 4.78 is 0. The Morgan fingerprint density at radius 2 is 2.00 bits per heavy atom. The summed E-state index contributed by atoms with van der Waals surface area (Å²) in [6, 6.07) is 2.80. The van der Waals surface area contributed by atoms with Crippen molar-refractivity contribution in [1.29, 1.82) is 0 Å². The van der Waals surface area contributed by atoms with Gasteiger partial charge in [0.1, 0.15) is 5.00 Å². The molecule has 98 valence electrons. The number of hydrogen-bond donors (Lipinski definition) is 2. The molecule has 0 fully saturated rings. The minimum absolute atomic E-state index is 0.0378. The Morgan fingerprint density at radius 1 is 1.26 bits per heavy atom. The van der Waals surface area contributed by atoms with Gasteiger partial charge in [-0.05, 0) is 17.5 Å². The van der Waals surface area contributed by atoms with Gasteiger partial charge in [0.2, 0.25) is 0 Å². The number of halogens is 2. The highest BCUT2D eigenvalue weighted by atomic mass is 35.5. The maximum Gasteiger partial charge on any atom is 0.259 e. The average molecular weight is 317 g/mol. The predicted octanol–water partition coefficient (Wildman–Crippen LogP) is 2.20. The van der Waals surface area contributed by atoms with Gasteiger partial charge in [0.15, 0.2) is 10.3 Å². The van der Waals surface area contributed by atoms with Gasteiger partial charge in [-0.1, -0.05) is 23.2 Å². The van der Waals surface area contributed by atoms with E-state index >= 15 is 0 Å². The highest BCUT2D eigenvalue weighted by Crippen LogP contribution is 2.24. The maximum absolute atomic E-state index is 12.0. The predicted molar refractivity (Wildman–Crippen MR) is 72.8 cm³/mol. The Morgan fingerprint density at radius 3 is 2.68 bits per heavy atom. The van der Waals surface area contributed by atoms with Crippen molar-refractivity contribution in [2.75, 3.05) is 5.32 Å². The van der Waals surface area contributed by atoms with Gasteiger partial charge in [-0.25, -0.2) is 0 Å². The molecule has 0 aliphatic rings. The number of rotatable bonds is 3. The normalized spacial score (nSPS) is 10.2. The molecule has 2 heterocycles. The van der Waals surface area contributed by atoms with Crippen molar-refractivity contribution < 1.29 is 9.59 Å². The van der Waals surface area contributed by atoms with Crippen LogP contribution in [0.4, 0.5) is 5.00 Å². The lowest BCUT2D eigenvalue weighted by Gasteiger charge is -2.05. The number of aromatic nitrogens is 2. The van der Waals surface area contributed by atoms with E-state index in [1.54, 1.807) is 5.38 Å². The molecule has 3 N–H and O–H groups in total. The molecule has 9 heteroatoms. The molecule has 0 bridgehead atoms. The topological polar surface area (TPSA) is 98.0 Å². The molecule has 0 atom stereocenters. The van der Waals surface area contributed by atoms with Crippen molar-refractivity contribution in [3.63, 3.8) is 0 Å². The monoisotopic (exact) mass is 316 g/mol. The number of hydrogen-bond acceptors (Lipinski definition) is 5. The van der Waals surface area contributed by atoms with E-state index in [0.29, 0.717) is 5.00 Å². The second kappa shape index (κ2) is 5.52. The van der Waals surface area contributed by atoms with E-state index in [1.807, 2.05) is 0 Å². The summed E-state index contributed by atoms with van der Waals surface area (Å²) in [4.78, 5) is 23.1. The van der Waals surface area contributed by atoms with Crippen LogP contribution in [0.15, 0.2) is 17.5 Å². The van der Waals surface area contributed by atoms with E-state index in [2.05, 4.69) is 15.5 Å². The number of primary amides is 1. The fourth-order valence-electron chi connectivity index (χ4n) is 1.28. The van der Waals surface area contributed by atoms with Gasteiger partial charge in [0, 0.05) is 0 Å². The van der Waals surface area contributed by atoms with Gasteiger partial charge in [-0.3, -0.25) is 9.59 Å². The van der Waals surface area contributed by atoms with E-state index < -0.39 is 11.8 Å². The van der Waals surface area contributed by atoms with E-state index in [9.17, 15) is 9.59 Å². The smallest absolute Gasteiger partial charge is 0.259 e. The van der Waals surface area contributed by atoms with Crippen LogP contribution in [0.3, 0.4) is 0 Å². The molecular formula is C10H6Cl2N4O2S. The van der Waals surface area contributed by atoms with Crippen LogP contribution in [-0.4, -0.2) is 22.0 Å². The number of carbonyl (C=O) groups is 2. The van der Waals surface area contributed by atoms with E-state index in [-0.39, 0.29) is 21.4 Å². The highest BCUT2D eigenvalue weighted by Gasteiger charge is 2.17. The van der Waals surface area contributed by atoms with E-state index in [0.717, 1.165) is 0 Å². The molecular weight excluding hydrogens is 311 g/mol. The number of nitrogens with two attached hydrogens (primary N) is 1. The summed E-state index contributed by atoms with van der Waals surface area (Å²) in [6.07, 6.45) is 0. The molecule has 2 aromatic rings. The summed E-state index contributed by atoms with van der Waals surface area (Å²) >= 11 is 12.6. The lowest BCUT2D eigenvalue weighted by Crippen LogP contribution is -2.17. The maximum atomic E-state index is 12.0. The standard InChI is InChI=1S/C10H6Cl2N4O2S/c11-6-3-5(7(12)16-15-6)9(18)14-10-4(8(13)17)1-2-19-10/h1-3H,(H2,13,17)(H,14,18). The zero-order valence-corrected chi connectivity index (χ0v) is 11.5. The van der Waals surface area contributed by atoms with Crippen LogP contribution in [0.1, 0.15) is 20.7 Å². The van der Waals surface area contributed by atoms with Crippen LogP contribution >= 0.6 is 34.5 Å². The van der Waals surface area contributed by atoms with Gasteiger partial charge in [0.25, 0.3) is 11.8 Å². The van der Waals surface area contributed by atoms with Gasteiger partial charge in [-0.15, -0.1) is 21.5 Å². The van der Waals surface area contributed by atoms with Crippen LogP contribution in [-0.2, 0) is 0 Å². The van der Waals surface area contributed by atoms with Crippen molar-refractivity contribution >= 4 is 51.4 Å². The fourth-order valence-corrected chi connectivity index (χ4v) is 2.40. The number of carbonyl (C=O) groups excluding carboxylic acids is 2. The lowest BCUT2D eigenvalue weighted by atomic mass is 10.2. The molecule has 0 aliphatic carbocycles. The number of nitrogens with zero attached hydrogens (tertiary/aromatic N) is 2. The summed E-state index contributed by atoms with van der Waals surface area (Å²) in [5.74, 6) is -1.18. The van der Waals surface area contributed by atoms with Crippen LogP contribution in [0.2, 0.25) is 10.3 Å². The molecule has 0 saturated heterocycles. The molecule has 0 saturated carbocycles. The molecule has 0 spiro atoms. The largest absolute Gasteiger partial charge is 0.366 e. The molecule has 2 rings (SSSR count). The zero-order chi connectivity index (χ0) is 14.0. The van der Waals surface area contributed by atoms with E-state index in [4.69, 9.17) is 28.9 Å². The van der Waals surface area contributed by atoms with Crippen molar-refractivity contribution in [2.45, 2.75) is 0 Å². The minimum atomic E-state index is -0.631. The van der Waals surface area contributed by atoms with Crippen LogP contribution in [0.25, 0.3) is 0 Å². The van der Waals surface area contributed by atoms with Gasteiger partial charge in [-0.2, -0.15) is 0 Å². The summed E-state index contributed by atoms with van der Waals surface area (Å²) in [6.45, 7) is 0. The van der Waals surface area contributed by atoms with Crippen LogP contribution < -0.4 is 11.1 Å². The number of anilines is 1. The Hall–Kier alpha value is -1.70. The third kappa shape index (κ3) is 3.01. The molecule has 0 unspecified atom stereocenters. The first-order valence-corrected chi connectivity index (χ1v) is 6.50. The lowest BCUT2D eigenvalue weighted by molar-refractivity contribution is 0.100. The third-order valence-electron chi connectivity index (χ3n) is 2.12. The highest BCUT2D eigenvalue weighted by molar-refractivity contribution is 7.14. The van der Waals surface area contributed by atoms with Gasteiger partial charge in [0.05, 0.1) is 11.1 Å². The Kier molecular flexibility index (Phi) is 3.98. The molecule has 2 amide bonds. The molecule has 19 heavy (non-hydrogen) atoms. The first-order valence-electron chi connectivity index (χ1n) is 4.86. The summed E-state index contributed by atoms with van der Waals surface area (Å²) in [5.41, 5.74) is 5.46. The average Bonchev–Trinajstić information content (AvgIpc) is 2.80.